The minimum atomic E-state index is 0. The molecule has 0 aromatic rings. The van der Waals surface area contributed by atoms with Gasteiger partial charge in [0.05, 0.1) is 0 Å². The molecular weight excluding hydrogens is 414 g/mol. The van der Waals surface area contributed by atoms with Gasteiger partial charge in [0.25, 0.3) is 0 Å². The third-order valence-electron chi connectivity index (χ3n) is 3.55. The van der Waals surface area contributed by atoms with Crippen molar-refractivity contribution in [3.05, 3.63) is 38.4 Å². The Labute approximate surface area is 269 Å². The molecule has 2 heterocycles. The number of carbonyl (C=O) groups excluding carboxylic acids is 2. The van der Waals surface area contributed by atoms with Crippen LogP contribution in [0.1, 0.15) is 74.7 Å². The summed E-state index contributed by atoms with van der Waals surface area (Å²) in [5.74, 6) is 0.463. The fraction of sp³-hybridized carbons (Fsp3) is 0.652. The van der Waals surface area contributed by atoms with Crippen LogP contribution in [0.15, 0.2) is 13.2 Å². The molecule has 0 aliphatic carbocycles. The molecule has 2 rings (SSSR count). The largest absolute Gasteiger partial charge is 1.00 e. The number of nitrogens with zero attached hydrogens (tertiary/aromatic N) is 2. The summed E-state index contributed by atoms with van der Waals surface area (Å²) in [4.78, 5) is 25.6. The summed E-state index contributed by atoms with van der Waals surface area (Å²) in [5, 5.41) is 0. The number of ketones is 2. The molecule has 0 spiro atoms. The van der Waals surface area contributed by atoms with Crippen molar-refractivity contribution in [2.24, 2.45) is 0 Å². The Morgan fingerprint density at radius 3 is 1.00 bits per heavy atom. The molecule has 0 N–H and O–H groups in total. The van der Waals surface area contributed by atoms with E-state index in [2.05, 4.69) is 26.3 Å². The molecule has 0 aromatic heterocycles. The number of Topliss-reactive ketones (excluding diaryl/α,β-unsaturated/α-hetero) is 2. The van der Waals surface area contributed by atoms with Gasteiger partial charge in [0.1, 0.15) is 0 Å². The van der Waals surface area contributed by atoms with Crippen LogP contribution >= 0.6 is 0 Å². The van der Waals surface area contributed by atoms with Crippen LogP contribution in [0.25, 0.3) is 0 Å². The van der Waals surface area contributed by atoms with E-state index < -0.39 is 0 Å². The van der Waals surface area contributed by atoms with Crippen LogP contribution in [0.4, 0.5) is 0 Å². The van der Waals surface area contributed by atoms with Gasteiger partial charge in [-0.25, -0.2) is 12.1 Å². The molecule has 164 valence electrons. The van der Waals surface area contributed by atoms with Crippen molar-refractivity contribution < 1.29 is 112 Å². The van der Waals surface area contributed by atoms with E-state index in [1.807, 2.05) is 51.6 Å². The van der Waals surface area contributed by atoms with Crippen LogP contribution in [0.2, 0.25) is 0 Å². The molecule has 2 aliphatic rings. The standard InChI is InChI=1S/2C7H12NO.2C2H6.2C2H3.CH4.2K/c2*1-6(9)7-4-3-5-8(7)2;4*1-2;;;/h2*3-5H2,1-2H3;2*1-2H3;2*1H,2H2;1H4;;/q2*-1;;;2*-1;;2*+1. The van der Waals surface area contributed by atoms with Crippen molar-refractivity contribution in [3.8, 4) is 0 Å². The quantitative estimate of drug-likeness (QED) is 0.414. The third kappa shape index (κ3) is 25.9. The Kier molecular flexibility index (Phi) is 61.7. The summed E-state index contributed by atoms with van der Waals surface area (Å²) in [6, 6.07) is 1.99. The minimum Gasteiger partial charge on any atom is -0.521 e. The Balaban J connectivity index is -0.0000000461. The van der Waals surface area contributed by atoms with Crippen molar-refractivity contribution >= 4 is 11.6 Å². The number of carbonyl (C=O) groups is 2. The molecule has 0 radical (unpaired) electrons. The van der Waals surface area contributed by atoms with Gasteiger partial charge in [-0.15, -0.1) is 12.8 Å². The van der Waals surface area contributed by atoms with Gasteiger partial charge in [0.15, 0.2) is 0 Å². The van der Waals surface area contributed by atoms with E-state index in [1.165, 1.54) is 0 Å². The van der Waals surface area contributed by atoms with Crippen molar-refractivity contribution in [3.63, 3.8) is 0 Å². The topological polar surface area (TPSA) is 40.6 Å². The van der Waals surface area contributed by atoms with Crippen molar-refractivity contribution in [2.45, 2.75) is 74.7 Å². The summed E-state index contributed by atoms with van der Waals surface area (Å²) in [5.41, 5.74) is 0. The van der Waals surface area contributed by atoms with Gasteiger partial charge in [-0.1, -0.05) is 48.0 Å². The first-order chi connectivity index (χ1) is 12.4. The maximum Gasteiger partial charge on any atom is 1.00 e. The molecule has 0 aromatic carbocycles. The van der Waals surface area contributed by atoms with Gasteiger partial charge < -0.3 is 32.5 Å². The van der Waals surface area contributed by atoms with Crippen molar-refractivity contribution in [1.82, 2.24) is 9.80 Å². The maximum atomic E-state index is 10.8. The monoisotopic (exact) mass is 460 g/mol. The minimum absolute atomic E-state index is 0. The predicted molar refractivity (Wildman–Crippen MR) is 121 cm³/mol. The molecule has 0 atom stereocenters. The van der Waals surface area contributed by atoms with Crippen LogP contribution in [0.3, 0.4) is 0 Å². The zero-order chi connectivity index (χ0) is 21.7. The van der Waals surface area contributed by atoms with Gasteiger partial charge in [0.2, 0.25) is 0 Å². The molecule has 2 fully saturated rings. The van der Waals surface area contributed by atoms with Crippen molar-refractivity contribution in [1.29, 1.82) is 0 Å². The molecule has 29 heavy (non-hydrogen) atoms. The van der Waals surface area contributed by atoms with Crippen LogP contribution in [-0.2, 0) is 9.59 Å². The molecule has 2 aliphatic heterocycles. The van der Waals surface area contributed by atoms with E-state index >= 15 is 0 Å². The first kappa shape index (κ1) is 48.3. The van der Waals surface area contributed by atoms with Crippen LogP contribution in [0, 0.1) is 25.2 Å². The molecule has 0 amide bonds. The zero-order valence-corrected chi connectivity index (χ0v) is 26.8. The summed E-state index contributed by atoms with van der Waals surface area (Å²) in [6.07, 6.45) is 4.24. The normalized spacial score (nSPS) is 13.7. The number of hydrogen-bond donors (Lipinski definition) is 0. The first-order valence-corrected chi connectivity index (χ1v) is 9.41. The number of hydrogen-bond acceptors (Lipinski definition) is 4. The predicted octanol–water partition coefficient (Wildman–Crippen LogP) is -0.427. The summed E-state index contributed by atoms with van der Waals surface area (Å²) in [7, 11) is 3.95. The smallest absolute Gasteiger partial charge is 0.521 e. The molecule has 0 saturated carbocycles. The Morgan fingerprint density at radius 1 is 0.724 bits per heavy atom. The van der Waals surface area contributed by atoms with Gasteiger partial charge in [-0.2, -0.15) is 0 Å². The Bertz CT molecular complexity index is 311. The van der Waals surface area contributed by atoms with E-state index in [9.17, 15) is 9.59 Å². The molecular formula is C23H46K2N2O2-2. The number of rotatable bonds is 2. The molecule has 0 bridgehead atoms. The molecule has 4 nitrogen and oxygen atoms in total. The fourth-order valence-corrected chi connectivity index (χ4v) is 2.51. The van der Waals surface area contributed by atoms with E-state index in [1.54, 1.807) is 13.8 Å². The SMILES string of the molecule is C.CC.CC.CC(=O)[C-]1CCCN1C.CC(=O)[C-]1CCCN1C.[CH-]=C.[CH-]=C.[K+].[K+]. The van der Waals surface area contributed by atoms with Crippen molar-refractivity contribution in [2.75, 3.05) is 27.2 Å². The average molecular weight is 461 g/mol. The average Bonchev–Trinajstić information content (AvgIpc) is 3.30. The third-order valence-corrected chi connectivity index (χ3v) is 3.55. The summed E-state index contributed by atoms with van der Waals surface area (Å²) >= 11 is 0. The van der Waals surface area contributed by atoms with Gasteiger partial charge in [-0.3, -0.25) is 13.2 Å². The second-order valence-electron chi connectivity index (χ2n) is 5.06. The Morgan fingerprint density at radius 2 is 0.931 bits per heavy atom. The first-order valence-electron chi connectivity index (χ1n) is 9.41. The second kappa shape index (κ2) is 37.1. The Hall–Kier alpha value is 1.75. The second-order valence-corrected chi connectivity index (χ2v) is 5.06. The van der Waals surface area contributed by atoms with Crippen LogP contribution < -0.4 is 103 Å². The summed E-state index contributed by atoms with van der Waals surface area (Å²) < 4.78 is 0. The van der Waals surface area contributed by atoms with E-state index in [0.717, 1.165) is 50.9 Å². The van der Waals surface area contributed by atoms with Gasteiger partial charge in [-0.05, 0) is 41.0 Å². The van der Waals surface area contributed by atoms with Gasteiger partial charge >= 0.3 is 103 Å². The van der Waals surface area contributed by atoms with Crippen LogP contribution in [0.5, 0.6) is 0 Å². The van der Waals surface area contributed by atoms with E-state index in [4.69, 9.17) is 0 Å². The van der Waals surface area contributed by atoms with E-state index in [-0.39, 0.29) is 122 Å². The number of likely N-dealkylation sites (N-methyl/N-ethyl adjacent to an activating group) is 2. The maximum absolute atomic E-state index is 10.8. The van der Waals surface area contributed by atoms with Crippen LogP contribution in [-0.4, -0.2) is 48.6 Å². The van der Waals surface area contributed by atoms with E-state index in [0.29, 0.717) is 0 Å². The summed E-state index contributed by atoms with van der Waals surface area (Å²) in [6.45, 7) is 27.4. The fourth-order valence-electron chi connectivity index (χ4n) is 2.51. The zero-order valence-electron chi connectivity index (χ0n) is 20.5. The van der Waals surface area contributed by atoms with Gasteiger partial charge in [0, 0.05) is 11.6 Å². The molecule has 2 saturated heterocycles. The molecule has 6 heteroatoms. The number of likely N-dealkylation sites (tertiary alicyclic amines) is 2. The molecule has 0 unspecified atom stereocenters.